The van der Waals surface area contributed by atoms with E-state index in [-0.39, 0.29) is 19.8 Å². The van der Waals surface area contributed by atoms with Crippen molar-refractivity contribution in [3.05, 3.63) is 0 Å². The maximum Gasteiger partial charge on any atom is 0.102 e. The fourth-order valence-electron chi connectivity index (χ4n) is 3.34. The maximum atomic E-state index is 10.9. The van der Waals surface area contributed by atoms with E-state index in [9.17, 15) is 23.2 Å². The van der Waals surface area contributed by atoms with Gasteiger partial charge >= 0.3 is 0 Å². The Morgan fingerprint density at radius 1 is 0.720 bits per heavy atom. The van der Waals surface area contributed by atoms with E-state index >= 15 is 0 Å². The molecule has 152 valence electrons. The Morgan fingerprint density at radius 3 is 1.56 bits per heavy atom. The molecule has 0 saturated carbocycles. The van der Waals surface area contributed by atoms with E-state index in [1.54, 1.807) is 0 Å². The van der Waals surface area contributed by atoms with Crippen molar-refractivity contribution in [3.8, 4) is 0 Å². The highest BCUT2D eigenvalue weighted by molar-refractivity contribution is 7.85. The Labute approximate surface area is 154 Å². The lowest BCUT2D eigenvalue weighted by Gasteiger charge is -2.38. The number of hydrogen-bond acceptors (Lipinski definition) is 5. The molecule has 0 aromatic heterocycles. The fourth-order valence-corrected chi connectivity index (χ4v) is 3.95. The molecule has 0 amide bonds. The standard InChI is InChI=1S/C18H39NO5S/c1-2-3-4-5-6-7-8-9-10-11-12-19(13-16-20,14-17-21)15-18-25(22,23)24/h20-21H,2-18H2,1H3. The highest BCUT2D eigenvalue weighted by Gasteiger charge is 2.26. The molecular formula is C18H39NO5S. The van der Waals surface area contributed by atoms with Gasteiger partial charge in [0.05, 0.1) is 32.1 Å². The van der Waals surface area contributed by atoms with Crippen LogP contribution in [0, 0.1) is 0 Å². The van der Waals surface area contributed by atoms with Gasteiger partial charge in [-0.2, -0.15) is 0 Å². The van der Waals surface area contributed by atoms with Crippen LogP contribution in [0.3, 0.4) is 0 Å². The fraction of sp³-hybridized carbons (Fsp3) is 1.00. The van der Waals surface area contributed by atoms with Gasteiger partial charge in [0.1, 0.15) is 23.2 Å². The van der Waals surface area contributed by atoms with Gasteiger partial charge in [0.2, 0.25) is 0 Å². The largest absolute Gasteiger partial charge is 0.748 e. The molecule has 0 aliphatic heterocycles. The molecule has 0 saturated heterocycles. The third-order valence-corrected chi connectivity index (χ3v) is 5.63. The van der Waals surface area contributed by atoms with Gasteiger partial charge in [0.25, 0.3) is 0 Å². The molecule has 0 unspecified atom stereocenters. The summed E-state index contributed by atoms with van der Waals surface area (Å²) in [6.45, 7) is 3.71. The number of aliphatic hydroxyl groups excluding tert-OH is 2. The van der Waals surface area contributed by atoms with Gasteiger partial charge in [0.15, 0.2) is 0 Å². The Bertz CT molecular complexity index is 394. The number of nitrogens with zero attached hydrogens (tertiary/aromatic N) is 1. The minimum atomic E-state index is -4.28. The molecule has 0 spiro atoms. The van der Waals surface area contributed by atoms with Crippen molar-refractivity contribution in [2.75, 3.05) is 45.1 Å². The molecule has 0 bridgehead atoms. The van der Waals surface area contributed by atoms with Crippen LogP contribution in [0.15, 0.2) is 0 Å². The average Bonchev–Trinajstić information content (AvgIpc) is 2.54. The van der Waals surface area contributed by atoms with Crippen LogP contribution < -0.4 is 0 Å². The molecule has 0 rings (SSSR count). The summed E-state index contributed by atoms with van der Waals surface area (Å²) in [6.07, 6.45) is 12.2. The molecule has 0 heterocycles. The molecule has 0 aromatic rings. The summed E-state index contributed by atoms with van der Waals surface area (Å²) in [5.74, 6) is -0.440. The zero-order valence-corrected chi connectivity index (χ0v) is 16.8. The second-order valence-corrected chi connectivity index (χ2v) is 8.65. The minimum Gasteiger partial charge on any atom is -0.748 e. The van der Waals surface area contributed by atoms with Gasteiger partial charge in [-0.15, -0.1) is 0 Å². The zero-order chi connectivity index (χ0) is 19.0. The van der Waals surface area contributed by atoms with E-state index in [0.29, 0.717) is 24.1 Å². The van der Waals surface area contributed by atoms with Crippen LogP contribution in [0.1, 0.15) is 71.1 Å². The molecule has 0 aromatic carbocycles. The number of rotatable bonds is 18. The molecular weight excluding hydrogens is 342 g/mol. The summed E-state index contributed by atoms with van der Waals surface area (Å²) in [6, 6.07) is 0. The van der Waals surface area contributed by atoms with Crippen LogP contribution >= 0.6 is 0 Å². The molecule has 0 atom stereocenters. The molecule has 0 aliphatic carbocycles. The first kappa shape index (κ1) is 24.8. The maximum absolute atomic E-state index is 10.9. The number of aliphatic hydroxyl groups is 2. The van der Waals surface area contributed by atoms with Gasteiger partial charge in [-0.1, -0.05) is 58.3 Å². The lowest BCUT2D eigenvalue weighted by atomic mass is 10.1. The summed E-state index contributed by atoms with van der Waals surface area (Å²) in [4.78, 5) is 0. The second kappa shape index (κ2) is 14.9. The van der Waals surface area contributed by atoms with Crippen molar-refractivity contribution in [2.24, 2.45) is 0 Å². The smallest absolute Gasteiger partial charge is 0.102 e. The molecule has 0 fully saturated rings. The van der Waals surface area contributed by atoms with Crippen LogP contribution in [0.4, 0.5) is 0 Å². The molecule has 25 heavy (non-hydrogen) atoms. The highest BCUT2D eigenvalue weighted by Crippen LogP contribution is 2.14. The van der Waals surface area contributed by atoms with Gasteiger partial charge in [-0.25, -0.2) is 8.42 Å². The number of hydrogen-bond donors (Lipinski definition) is 2. The second-order valence-electron chi connectivity index (χ2n) is 7.13. The predicted octanol–water partition coefficient (Wildman–Crippen LogP) is 2.25. The predicted molar refractivity (Wildman–Crippen MR) is 100 cm³/mol. The van der Waals surface area contributed by atoms with Gasteiger partial charge < -0.3 is 19.2 Å². The van der Waals surface area contributed by atoms with Crippen LogP contribution in [0.25, 0.3) is 0 Å². The molecule has 0 radical (unpaired) electrons. The monoisotopic (exact) mass is 381 g/mol. The Morgan fingerprint density at radius 2 is 1.16 bits per heavy atom. The summed E-state index contributed by atoms with van der Waals surface area (Å²) in [5.41, 5.74) is 0. The molecule has 7 heteroatoms. The van der Waals surface area contributed by atoms with E-state index in [0.717, 1.165) is 19.3 Å². The average molecular weight is 382 g/mol. The van der Waals surface area contributed by atoms with E-state index in [1.165, 1.54) is 44.9 Å². The summed E-state index contributed by atoms with van der Waals surface area (Å²) in [5, 5.41) is 18.6. The molecule has 6 nitrogen and oxygen atoms in total. The first-order chi connectivity index (χ1) is 11.9. The van der Waals surface area contributed by atoms with Crippen molar-refractivity contribution >= 4 is 10.1 Å². The van der Waals surface area contributed by atoms with Crippen molar-refractivity contribution in [3.63, 3.8) is 0 Å². The zero-order valence-electron chi connectivity index (χ0n) is 16.0. The van der Waals surface area contributed by atoms with Crippen molar-refractivity contribution in [1.82, 2.24) is 0 Å². The molecule has 2 N–H and O–H groups in total. The van der Waals surface area contributed by atoms with Crippen LogP contribution in [-0.4, -0.2) is 72.8 Å². The topological polar surface area (TPSA) is 97.7 Å². The number of unbranched alkanes of at least 4 members (excludes halogenated alkanes) is 9. The third kappa shape index (κ3) is 14.6. The Hall–Kier alpha value is -0.210. The summed E-state index contributed by atoms with van der Waals surface area (Å²) in [7, 11) is -4.28. The van der Waals surface area contributed by atoms with Crippen molar-refractivity contribution in [2.45, 2.75) is 71.1 Å². The van der Waals surface area contributed by atoms with Gasteiger partial charge in [-0.05, 0) is 12.8 Å². The lowest BCUT2D eigenvalue weighted by Crippen LogP contribution is -2.54. The van der Waals surface area contributed by atoms with Gasteiger partial charge in [0, 0.05) is 0 Å². The van der Waals surface area contributed by atoms with Gasteiger partial charge in [-0.3, -0.25) is 0 Å². The van der Waals surface area contributed by atoms with E-state index < -0.39 is 15.9 Å². The van der Waals surface area contributed by atoms with Crippen LogP contribution in [-0.2, 0) is 10.1 Å². The van der Waals surface area contributed by atoms with E-state index in [2.05, 4.69) is 6.92 Å². The lowest BCUT2D eigenvalue weighted by molar-refractivity contribution is -0.926. The molecule has 0 aliphatic rings. The van der Waals surface area contributed by atoms with E-state index in [1.807, 2.05) is 0 Å². The van der Waals surface area contributed by atoms with Crippen molar-refractivity contribution in [1.29, 1.82) is 0 Å². The quantitative estimate of drug-likeness (QED) is 0.216. The van der Waals surface area contributed by atoms with Crippen molar-refractivity contribution < 1.29 is 27.7 Å². The normalized spacial score (nSPS) is 12.6. The SMILES string of the molecule is CCCCCCCCCCCC[N+](CCO)(CCO)CCS(=O)(=O)[O-]. The first-order valence-corrected chi connectivity index (χ1v) is 11.5. The summed E-state index contributed by atoms with van der Waals surface area (Å²) >= 11 is 0. The minimum absolute atomic E-state index is 0.0728. The number of quaternary nitrogens is 1. The Kier molecular flexibility index (Phi) is 14.8. The summed E-state index contributed by atoms with van der Waals surface area (Å²) < 4.78 is 33.1. The van der Waals surface area contributed by atoms with E-state index in [4.69, 9.17) is 0 Å². The first-order valence-electron chi connectivity index (χ1n) is 9.89. The third-order valence-electron chi connectivity index (χ3n) is 4.95. The van der Waals surface area contributed by atoms with Crippen LogP contribution in [0.5, 0.6) is 0 Å². The highest BCUT2D eigenvalue weighted by atomic mass is 32.2. The van der Waals surface area contributed by atoms with Crippen LogP contribution in [0.2, 0.25) is 0 Å². The Balaban J connectivity index is 4.08.